The summed E-state index contributed by atoms with van der Waals surface area (Å²) < 4.78 is 0. The first-order valence-corrected chi connectivity index (χ1v) is 7.64. The van der Waals surface area contributed by atoms with Crippen LogP contribution >= 0.6 is 0 Å². The van der Waals surface area contributed by atoms with Gasteiger partial charge in [0.25, 0.3) is 5.69 Å². The van der Waals surface area contributed by atoms with E-state index in [-0.39, 0.29) is 23.3 Å². The van der Waals surface area contributed by atoms with Crippen molar-refractivity contribution in [3.63, 3.8) is 0 Å². The lowest BCUT2D eigenvalue weighted by Crippen LogP contribution is -2.41. The number of aliphatic hydroxyl groups excluding tert-OH is 1. The van der Waals surface area contributed by atoms with Crippen molar-refractivity contribution in [3.05, 3.63) is 39.4 Å². The molecule has 1 fully saturated rings. The monoisotopic (exact) mass is 292 g/mol. The third-order valence-corrected chi connectivity index (χ3v) is 4.54. The molecule has 5 heteroatoms. The van der Waals surface area contributed by atoms with E-state index in [0.717, 1.165) is 18.4 Å². The van der Waals surface area contributed by atoms with Gasteiger partial charge in [0.2, 0.25) is 0 Å². The van der Waals surface area contributed by atoms with E-state index < -0.39 is 0 Å². The smallest absolute Gasteiger partial charge is 0.272 e. The van der Waals surface area contributed by atoms with Gasteiger partial charge in [-0.1, -0.05) is 25.0 Å². The lowest BCUT2D eigenvalue weighted by Gasteiger charge is -2.33. The molecule has 0 amide bonds. The van der Waals surface area contributed by atoms with Gasteiger partial charge in [-0.05, 0) is 38.2 Å². The Hall–Kier alpha value is -1.46. The highest BCUT2D eigenvalue weighted by Crippen LogP contribution is 2.28. The highest BCUT2D eigenvalue weighted by atomic mass is 16.6. The summed E-state index contributed by atoms with van der Waals surface area (Å²) >= 11 is 0. The maximum Gasteiger partial charge on any atom is 0.272 e. The summed E-state index contributed by atoms with van der Waals surface area (Å²) in [6.45, 7) is 3.98. The number of hydrogen-bond donors (Lipinski definition) is 2. The molecule has 0 bridgehead atoms. The van der Waals surface area contributed by atoms with E-state index >= 15 is 0 Å². The fourth-order valence-corrected chi connectivity index (χ4v) is 3.16. The normalized spacial score (nSPS) is 23.8. The zero-order valence-corrected chi connectivity index (χ0v) is 12.7. The van der Waals surface area contributed by atoms with Gasteiger partial charge in [0, 0.05) is 30.3 Å². The van der Waals surface area contributed by atoms with Crippen molar-refractivity contribution >= 4 is 5.69 Å². The molecular formula is C16H24N2O3. The number of aliphatic hydroxyl groups is 1. The largest absolute Gasteiger partial charge is 0.396 e. The van der Waals surface area contributed by atoms with Crippen LogP contribution in [0.5, 0.6) is 0 Å². The van der Waals surface area contributed by atoms with Crippen LogP contribution in [0.15, 0.2) is 18.2 Å². The number of nitrogens with zero attached hydrogens (tertiary/aromatic N) is 1. The molecule has 1 saturated carbocycles. The summed E-state index contributed by atoms with van der Waals surface area (Å²) in [5.41, 5.74) is 1.78. The van der Waals surface area contributed by atoms with E-state index in [1.807, 2.05) is 13.0 Å². The number of nitrogens with one attached hydrogen (secondary N) is 1. The highest BCUT2D eigenvalue weighted by molar-refractivity contribution is 5.43. The molecule has 21 heavy (non-hydrogen) atoms. The second kappa shape index (κ2) is 7.00. The van der Waals surface area contributed by atoms with Crippen LogP contribution in [-0.2, 0) is 0 Å². The summed E-state index contributed by atoms with van der Waals surface area (Å²) in [6, 6.07) is 5.73. The molecule has 5 nitrogen and oxygen atoms in total. The van der Waals surface area contributed by atoms with Gasteiger partial charge in [0.05, 0.1) is 4.92 Å². The molecule has 0 aromatic heterocycles. The van der Waals surface area contributed by atoms with Crippen molar-refractivity contribution < 1.29 is 10.0 Å². The third kappa shape index (κ3) is 3.80. The molecule has 2 rings (SSSR count). The second-order valence-corrected chi connectivity index (χ2v) is 6.02. The van der Waals surface area contributed by atoms with E-state index in [9.17, 15) is 15.2 Å². The van der Waals surface area contributed by atoms with Gasteiger partial charge in [-0.3, -0.25) is 10.1 Å². The topological polar surface area (TPSA) is 75.4 Å². The lowest BCUT2D eigenvalue weighted by atomic mass is 9.84. The van der Waals surface area contributed by atoms with Crippen LogP contribution in [0, 0.1) is 23.0 Å². The van der Waals surface area contributed by atoms with Crippen LogP contribution in [-0.4, -0.2) is 22.7 Å². The van der Waals surface area contributed by atoms with Gasteiger partial charge in [-0.2, -0.15) is 0 Å². The standard InChI is InChI=1S/C16H24N2O3/c1-11-7-8-13(9-16(11)18(20)21)12(2)17-15-6-4-3-5-14(15)10-19/h7-9,12,14-15,17,19H,3-6,10H2,1-2H3. The van der Waals surface area contributed by atoms with Gasteiger partial charge in [-0.15, -0.1) is 0 Å². The van der Waals surface area contributed by atoms with E-state index in [1.54, 1.807) is 19.1 Å². The minimum Gasteiger partial charge on any atom is -0.396 e. The Labute approximate surface area is 125 Å². The van der Waals surface area contributed by atoms with E-state index in [1.165, 1.54) is 12.8 Å². The van der Waals surface area contributed by atoms with Gasteiger partial charge in [0.1, 0.15) is 0 Å². The van der Waals surface area contributed by atoms with Crippen molar-refractivity contribution in [1.29, 1.82) is 0 Å². The van der Waals surface area contributed by atoms with E-state index in [2.05, 4.69) is 5.32 Å². The van der Waals surface area contributed by atoms with Gasteiger partial charge in [0.15, 0.2) is 0 Å². The predicted molar refractivity (Wildman–Crippen MR) is 82.2 cm³/mol. The SMILES string of the molecule is Cc1ccc(C(C)NC2CCCCC2CO)cc1[N+](=O)[O-]. The quantitative estimate of drug-likeness (QED) is 0.646. The Morgan fingerprint density at radius 3 is 2.81 bits per heavy atom. The van der Waals surface area contributed by atoms with Crippen LogP contribution in [0.2, 0.25) is 0 Å². The van der Waals surface area contributed by atoms with Crippen LogP contribution in [0.3, 0.4) is 0 Å². The fourth-order valence-electron chi connectivity index (χ4n) is 3.16. The average Bonchev–Trinajstić information content (AvgIpc) is 2.47. The number of aryl methyl sites for hydroxylation is 1. The molecule has 0 heterocycles. The zero-order chi connectivity index (χ0) is 15.4. The Morgan fingerprint density at radius 2 is 2.14 bits per heavy atom. The molecule has 1 aliphatic rings. The highest BCUT2D eigenvalue weighted by Gasteiger charge is 2.26. The minimum absolute atomic E-state index is 0.0430. The Balaban J connectivity index is 2.10. The summed E-state index contributed by atoms with van der Waals surface area (Å²) in [4.78, 5) is 10.7. The van der Waals surface area contributed by atoms with E-state index in [0.29, 0.717) is 17.5 Å². The second-order valence-electron chi connectivity index (χ2n) is 6.02. The van der Waals surface area contributed by atoms with Crippen molar-refractivity contribution in [3.8, 4) is 0 Å². The zero-order valence-electron chi connectivity index (χ0n) is 12.7. The predicted octanol–water partition coefficient (Wildman–Crippen LogP) is 3.10. The molecule has 116 valence electrons. The first kappa shape index (κ1) is 15.9. The first-order chi connectivity index (χ1) is 10.0. The lowest BCUT2D eigenvalue weighted by molar-refractivity contribution is -0.385. The minimum atomic E-state index is -0.331. The Morgan fingerprint density at radius 1 is 1.43 bits per heavy atom. The average molecular weight is 292 g/mol. The summed E-state index contributed by atoms with van der Waals surface area (Å²) in [6.07, 6.45) is 4.46. The number of rotatable bonds is 5. The molecule has 0 spiro atoms. The first-order valence-electron chi connectivity index (χ1n) is 7.64. The molecule has 0 aliphatic heterocycles. The molecule has 0 saturated heterocycles. The van der Waals surface area contributed by atoms with Crippen LogP contribution in [0.4, 0.5) is 5.69 Å². The third-order valence-electron chi connectivity index (χ3n) is 4.54. The maximum absolute atomic E-state index is 11.0. The molecule has 0 radical (unpaired) electrons. The molecule has 3 unspecified atom stereocenters. The summed E-state index contributed by atoms with van der Waals surface area (Å²) in [5, 5.41) is 24.0. The Bertz CT molecular complexity index is 504. The summed E-state index contributed by atoms with van der Waals surface area (Å²) in [5.74, 6) is 0.293. The van der Waals surface area contributed by atoms with Gasteiger partial charge >= 0.3 is 0 Å². The number of benzene rings is 1. The van der Waals surface area contributed by atoms with Crippen molar-refractivity contribution in [2.45, 2.75) is 51.6 Å². The maximum atomic E-state index is 11.0. The number of nitro groups is 1. The number of nitro benzene ring substituents is 1. The van der Waals surface area contributed by atoms with Crippen molar-refractivity contribution in [1.82, 2.24) is 5.32 Å². The van der Waals surface area contributed by atoms with Crippen molar-refractivity contribution in [2.24, 2.45) is 5.92 Å². The molecular weight excluding hydrogens is 268 g/mol. The molecule has 1 aromatic rings. The summed E-state index contributed by atoms with van der Waals surface area (Å²) in [7, 11) is 0. The van der Waals surface area contributed by atoms with E-state index in [4.69, 9.17) is 0 Å². The number of hydrogen-bond acceptors (Lipinski definition) is 4. The molecule has 1 aromatic carbocycles. The van der Waals surface area contributed by atoms with Crippen LogP contribution in [0.1, 0.15) is 49.8 Å². The van der Waals surface area contributed by atoms with Crippen molar-refractivity contribution in [2.75, 3.05) is 6.61 Å². The van der Waals surface area contributed by atoms with Gasteiger partial charge in [-0.25, -0.2) is 0 Å². The molecule has 1 aliphatic carbocycles. The molecule has 3 atom stereocenters. The van der Waals surface area contributed by atoms with Crippen LogP contribution in [0.25, 0.3) is 0 Å². The van der Waals surface area contributed by atoms with Crippen LogP contribution < -0.4 is 5.32 Å². The Kier molecular flexibility index (Phi) is 5.31. The molecule has 2 N–H and O–H groups in total. The van der Waals surface area contributed by atoms with Gasteiger partial charge < -0.3 is 10.4 Å². The fraction of sp³-hybridized carbons (Fsp3) is 0.625.